The van der Waals surface area contributed by atoms with Crippen molar-refractivity contribution in [2.24, 2.45) is 7.05 Å². The number of nitro groups is 1. The topological polar surface area (TPSA) is 110 Å². The van der Waals surface area contributed by atoms with E-state index in [2.05, 4.69) is 10.4 Å². The number of carbonyl (C=O) groups is 1. The van der Waals surface area contributed by atoms with E-state index in [0.717, 1.165) is 11.3 Å². The Labute approximate surface area is 120 Å². The van der Waals surface area contributed by atoms with Gasteiger partial charge in [-0.3, -0.25) is 14.8 Å². The monoisotopic (exact) mass is 290 g/mol. The van der Waals surface area contributed by atoms with Crippen molar-refractivity contribution in [3.63, 3.8) is 0 Å². The summed E-state index contributed by atoms with van der Waals surface area (Å²) < 4.78 is 1.69. The zero-order chi connectivity index (χ0) is 15.6. The summed E-state index contributed by atoms with van der Waals surface area (Å²) in [7, 11) is 1.80. The third-order valence-corrected chi connectivity index (χ3v) is 3.26. The molecule has 0 radical (unpaired) electrons. The molecular formula is C13H14N4O4. The number of hydrogen-bond acceptors (Lipinski definition) is 5. The number of nitrogens with one attached hydrogen (secondary N) is 1. The highest BCUT2D eigenvalue weighted by Gasteiger charge is 2.24. The van der Waals surface area contributed by atoms with Gasteiger partial charge < -0.3 is 10.4 Å². The van der Waals surface area contributed by atoms with Crippen molar-refractivity contribution in [2.45, 2.75) is 13.5 Å². The van der Waals surface area contributed by atoms with Gasteiger partial charge in [0.15, 0.2) is 0 Å². The lowest BCUT2D eigenvalue weighted by Gasteiger charge is -2.08. The first-order valence-corrected chi connectivity index (χ1v) is 6.14. The first kappa shape index (κ1) is 14.5. The quantitative estimate of drug-likeness (QED) is 0.643. The number of aromatic carboxylic acids is 1. The molecule has 2 aromatic rings. The Morgan fingerprint density at radius 1 is 1.52 bits per heavy atom. The molecule has 0 aliphatic heterocycles. The van der Waals surface area contributed by atoms with Crippen LogP contribution in [-0.4, -0.2) is 25.8 Å². The van der Waals surface area contributed by atoms with Crippen LogP contribution in [0.1, 0.15) is 21.6 Å². The van der Waals surface area contributed by atoms with E-state index in [4.69, 9.17) is 5.11 Å². The Kier molecular flexibility index (Phi) is 3.88. The molecule has 8 heteroatoms. The van der Waals surface area contributed by atoms with E-state index in [0.29, 0.717) is 6.54 Å². The van der Waals surface area contributed by atoms with Crippen LogP contribution in [0.15, 0.2) is 24.4 Å². The first-order chi connectivity index (χ1) is 9.91. The SMILES string of the molecule is Cc1c(CNc2cccc(C(=O)O)c2[N+](=O)[O-])cnn1C. The van der Waals surface area contributed by atoms with Crippen LogP contribution in [0, 0.1) is 17.0 Å². The Balaban J connectivity index is 2.32. The maximum atomic E-state index is 11.1. The molecule has 0 unspecified atom stereocenters. The van der Waals surface area contributed by atoms with Gasteiger partial charge in [0.05, 0.1) is 11.1 Å². The summed E-state index contributed by atoms with van der Waals surface area (Å²) in [6.07, 6.45) is 1.66. The molecule has 2 N–H and O–H groups in total. The maximum absolute atomic E-state index is 11.1. The number of benzene rings is 1. The van der Waals surface area contributed by atoms with E-state index in [1.54, 1.807) is 17.9 Å². The number of aromatic nitrogens is 2. The molecule has 0 amide bonds. The minimum absolute atomic E-state index is 0.170. The van der Waals surface area contributed by atoms with Crippen molar-refractivity contribution >= 4 is 17.3 Å². The van der Waals surface area contributed by atoms with E-state index >= 15 is 0 Å². The summed E-state index contributed by atoms with van der Waals surface area (Å²) >= 11 is 0. The number of aryl methyl sites for hydroxylation is 1. The first-order valence-electron chi connectivity index (χ1n) is 6.14. The number of para-hydroxylation sites is 1. The molecule has 0 aliphatic rings. The average Bonchev–Trinajstić information content (AvgIpc) is 2.75. The van der Waals surface area contributed by atoms with Gasteiger partial charge in [0.25, 0.3) is 0 Å². The minimum Gasteiger partial charge on any atom is -0.477 e. The van der Waals surface area contributed by atoms with Crippen molar-refractivity contribution in [1.82, 2.24) is 9.78 Å². The summed E-state index contributed by atoms with van der Waals surface area (Å²) in [4.78, 5) is 21.5. The van der Waals surface area contributed by atoms with Gasteiger partial charge >= 0.3 is 11.7 Å². The van der Waals surface area contributed by atoms with Gasteiger partial charge in [-0.25, -0.2) is 4.79 Å². The lowest BCUT2D eigenvalue weighted by Crippen LogP contribution is -2.08. The molecule has 0 bridgehead atoms. The molecule has 8 nitrogen and oxygen atoms in total. The molecule has 21 heavy (non-hydrogen) atoms. The number of anilines is 1. The average molecular weight is 290 g/mol. The van der Waals surface area contributed by atoms with Crippen LogP contribution in [0.25, 0.3) is 0 Å². The largest absolute Gasteiger partial charge is 0.477 e. The fraction of sp³-hybridized carbons (Fsp3) is 0.231. The molecule has 110 valence electrons. The number of hydrogen-bond donors (Lipinski definition) is 2. The highest BCUT2D eigenvalue weighted by atomic mass is 16.6. The summed E-state index contributed by atoms with van der Waals surface area (Å²) in [5, 5.41) is 27.1. The van der Waals surface area contributed by atoms with Gasteiger partial charge in [-0.15, -0.1) is 0 Å². The summed E-state index contributed by atoms with van der Waals surface area (Å²) in [6, 6.07) is 4.16. The third-order valence-electron chi connectivity index (χ3n) is 3.26. The summed E-state index contributed by atoms with van der Waals surface area (Å²) in [6.45, 7) is 2.20. The Morgan fingerprint density at radius 2 is 2.24 bits per heavy atom. The molecule has 0 spiro atoms. The molecule has 0 saturated heterocycles. The molecule has 2 rings (SSSR count). The van der Waals surface area contributed by atoms with Crippen molar-refractivity contribution < 1.29 is 14.8 Å². The predicted octanol–water partition coefficient (Wildman–Crippen LogP) is 1.95. The van der Waals surface area contributed by atoms with E-state index in [9.17, 15) is 14.9 Å². The van der Waals surface area contributed by atoms with Crippen molar-refractivity contribution in [3.8, 4) is 0 Å². The van der Waals surface area contributed by atoms with Crippen molar-refractivity contribution in [2.75, 3.05) is 5.32 Å². The molecule has 1 aromatic heterocycles. The van der Waals surface area contributed by atoms with Gasteiger partial charge in [0.2, 0.25) is 0 Å². The van der Waals surface area contributed by atoms with Gasteiger partial charge in [-0.2, -0.15) is 5.10 Å². The zero-order valence-corrected chi connectivity index (χ0v) is 11.5. The van der Waals surface area contributed by atoms with Crippen LogP contribution in [0.4, 0.5) is 11.4 Å². The molecule has 1 aromatic carbocycles. The van der Waals surface area contributed by atoms with Crippen molar-refractivity contribution in [3.05, 3.63) is 51.3 Å². The van der Waals surface area contributed by atoms with Gasteiger partial charge in [0.1, 0.15) is 11.3 Å². The number of nitrogens with zero attached hydrogens (tertiary/aromatic N) is 3. The lowest BCUT2D eigenvalue weighted by atomic mass is 10.1. The normalized spacial score (nSPS) is 10.4. The Morgan fingerprint density at radius 3 is 2.76 bits per heavy atom. The Hall–Kier alpha value is -2.90. The molecule has 0 saturated carbocycles. The number of carboxylic acid groups (broad SMARTS) is 1. The predicted molar refractivity (Wildman–Crippen MR) is 75.3 cm³/mol. The van der Waals surface area contributed by atoms with Crippen LogP contribution >= 0.6 is 0 Å². The second-order valence-corrected chi connectivity index (χ2v) is 4.50. The number of nitro benzene ring substituents is 1. The molecule has 0 fully saturated rings. The third kappa shape index (κ3) is 2.83. The minimum atomic E-state index is -1.33. The molecule has 0 atom stereocenters. The zero-order valence-electron chi connectivity index (χ0n) is 11.5. The van der Waals surface area contributed by atoms with Gasteiger partial charge in [0, 0.05) is 24.8 Å². The lowest BCUT2D eigenvalue weighted by molar-refractivity contribution is -0.384. The maximum Gasteiger partial charge on any atom is 0.342 e. The number of rotatable bonds is 5. The van der Waals surface area contributed by atoms with Crippen LogP contribution in [0.5, 0.6) is 0 Å². The van der Waals surface area contributed by atoms with Gasteiger partial charge in [-0.1, -0.05) is 6.07 Å². The molecular weight excluding hydrogens is 276 g/mol. The fourth-order valence-corrected chi connectivity index (χ4v) is 1.96. The van der Waals surface area contributed by atoms with E-state index in [1.165, 1.54) is 18.2 Å². The molecule has 0 aliphatic carbocycles. The second kappa shape index (κ2) is 5.61. The van der Waals surface area contributed by atoms with Gasteiger partial charge in [-0.05, 0) is 19.1 Å². The standard InChI is InChI=1S/C13H14N4O4/c1-8-9(7-15-16(8)2)6-14-11-5-3-4-10(13(18)19)12(11)17(20)21/h3-5,7,14H,6H2,1-2H3,(H,18,19). The second-order valence-electron chi connectivity index (χ2n) is 4.50. The van der Waals surface area contributed by atoms with Crippen LogP contribution < -0.4 is 5.32 Å². The van der Waals surface area contributed by atoms with E-state index in [-0.39, 0.29) is 11.3 Å². The Bertz CT molecular complexity index is 708. The fourth-order valence-electron chi connectivity index (χ4n) is 1.96. The van der Waals surface area contributed by atoms with Crippen molar-refractivity contribution in [1.29, 1.82) is 0 Å². The van der Waals surface area contributed by atoms with Crippen LogP contribution in [-0.2, 0) is 13.6 Å². The number of carboxylic acids is 1. The van der Waals surface area contributed by atoms with E-state index < -0.39 is 16.6 Å². The highest BCUT2D eigenvalue weighted by molar-refractivity contribution is 5.95. The smallest absolute Gasteiger partial charge is 0.342 e. The summed E-state index contributed by atoms with van der Waals surface area (Å²) in [5.41, 5.74) is 1.20. The summed E-state index contributed by atoms with van der Waals surface area (Å²) in [5.74, 6) is -1.33. The van der Waals surface area contributed by atoms with E-state index in [1.807, 2.05) is 6.92 Å². The molecule has 1 heterocycles. The highest BCUT2D eigenvalue weighted by Crippen LogP contribution is 2.29. The van der Waals surface area contributed by atoms with Crippen LogP contribution in [0.3, 0.4) is 0 Å². The van der Waals surface area contributed by atoms with Crippen LogP contribution in [0.2, 0.25) is 0 Å².